The lowest BCUT2D eigenvalue weighted by atomic mass is 9.96. The molecule has 0 fully saturated rings. The van der Waals surface area contributed by atoms with Gasteiger partial charge >= 0.3 is 0 Å². The molecule has 0 unspecified atom stereocenters. The molecule has 13 rings (SSSR count). The average molecular weight is 840 g/mol. The summed E-state index contributed by atoms with van der Waals surface area (Å²) in [5, 5.41) is 6.65. The minimum absolute atomic E-state index is 0.0650. The fourth-order valence-corrected chi connectivity index (χ4v) is 10.4. The third-order valence-corrected chi connectivity index (χ3v) is 13.4. The van der Waals surface area contributed by atoms with E-state index in [1.54, 1.807) is 22.0 Å². The molecule has 0 aliphatic rings. The van der Waals surface area contributed by atoms with Gasteiger partial charge in [0.2, 0.25) is 0 Å². The minimum atomic E-state index is -0.464. The summed E-state index contributed by atoms with van der Waals surface area (Å²) in [5.41, 5.74) is 7.13. The first-order valence-electron chi connectivity index (χ1n) is 24.5. The number of aromatic nitrogens is 4. The van der Waals surface area contributed by atoms with Gasteiger partial charge < -0.3 is 4.57 Å². The second-order valence-electron chi connectivity index (χ2n) is 15.8. The molecule has 4 nitrogen and oxygen atoms in total. The van der Waals surface area contributed by atoms with Crippen LogP contribution in [0.5, 0.6) is 0 Å². The van der Waals surface area contributed by atoms with Crippen LogP contribution in [0.3, 0.4) is 0 Å². The highest BCUT2D eigenvalue weighted by molar-refractivity contribution is 7.26. The molecule has 0 radical (unpaired) electrons. The summed E-state index contributed by atoms with van der Waals surface area (Å²) in [6.45, 7) is 0. The first kappa shape index (κ1) is 29.9. The Morgan fingerprint density at radius 1 is 0.375 bits per heavy atom. The molecule has 0 aliphatic carbocycles. The third-order valence-electron chi connectivity index (χ3n) is 12.1. The van der Waals surface area contributed by atoms with E-state index in [-0.39, 0.29) is 57.8 Å². The van der Waals surface area contributed by atoms with E-state index in [9.17, 15) is 2.74 Å². The van der Waals surface area contributed by atoms with Crippen LogP contribution in [0.25, 0.3) is 126 Å². The molecule has 3 heterocycles. The van der Waals surface area contributed by atoms with Crippen molar-refractivity contribution in [3.63, 3.8) is 0 Å². The molecule has 0 saturated heterocycles. The summed E-state index contributed by atoms with van der Waals surface area (Å²) < 4.78 is 66.5. The summed E-state index contributed by atoms with van der Waals surface area (Å²) in [4.78, 5) is 15.9. The highest BCUT2D eigenvalue weighted by Crippen LogP contribution is 2.43. The predicted molar refractivity (Wildman–Crippen MR) is 269 cm³/mol. The van der Waals surface area contributed by atoms with Crippen molar-refractivity contribution in [2.24, 2.45) is 0 Å². The van der Waals surface area contributed by atoms with Gasteiger partial charge in [-0.15, -0.1) is 11.3 Å². The number of thiophene rings is 1. The molecule has 0 bridgehead atoms. The van der Waals surface area contributed by atoms with Gasteiger partial charge in [0.05, 0.1) is 26.3 Å². The van der Waals surface area contributed by atoms with Crippen LogP contribution in [0.1, 0.15) is 9.60 Å². The van der Waals surface area contributed by atoms with Crippen LogP contribution in [-0.4, -0.2) is 19.5 Å². The lowest BCUT2D eigenvalue weighted by molar-refractivity contribution is 1.07. The molecule has 5 heteroatoms. The van der Waals surface area contributed by atoms with Gasteiger partial charge in [0.1, 0.15) is 0 Å². The number of fused-ring (bicyclic) bond motifs is 9. The third kappa shape index (κ3) is 5.86. The second-order valence-corrected chi connectivity index (χ2v) is 16.8. The zero-order valence-electron chi connectivity index (χ0n) is 40.9. The van der Waals surface area contributed by atoms with Crippen molar-refractivity contribution in [3.05, 3.63) is 218 Å². The van der Waals surface area contributed by atoms with Gasteiger partial charge in [-0.2, -0.15) is 0 Å². The summed E-state index contributed by atoms with van der Waals surface area (Å²) in [6.07, 6.45) is 0. The molecule has 13 aromatic rings. The standard InChI is InChI=1S/C59H36N4S/c1-2-16-37(17-3-1)38-32-33-55-50(35-38)48-28-15-27-43(56(48)64-55)39-19-14-20-41(34-39)57-60-58(62-59(61-57)51-36-40-18-4-5-21-42(40)44-22-6-7-23-45(44)51)49-26-10-13-31-54(49)63-52-29-11-8-24-46(52)47-25-9-12-30-53(47)63/h1-36H/i8D,9D,11D,24D,25D,29D,30D. The maximum Gasteiger partial charge on any atom is 0.166 e. The molecule has 0 saturated carbocycles. The number of nitrogens with zero attached hydrogens (tertiary/aromatic N) is 4. The zero-order valence-corrected chi connectivity index (χ0v) is 34.8. The Morgan fingerprint density at radius 3 is 1.94 bits per heavy atom. The minimum Gasteiger partial charge on any atom is -0.309 e. The first-order chi connectivity index (χ1) is 34.6. The first-order valence-corrected chi connectivity index (χ1v) is 21.8. The number of rotatable bonds is 6. The Bertz CT molecular complexity index is 4400. The van der Waals surface area contributed by atoms with Crippen molar-refractivity contribution < 1.29 is 9.60 Å². The summed E-state index contributed by atoms with van der Waals surface area (Å²) in [7, 11) is 0. The van der Waals surface area contributed by atoms with E-state index in [0.29, 0.717) is 22.9 Å². The van der Waals surface area contributed by atoms with E-state index in [4.69, 9.17) is 21.8 Å². The molecular weight excluding hydrogens is 797 g/mol. The molecule has 0 N–H and O–H groups in total. The van der Waals surface area contributed by atoms with E-state index < -0.39 is 12.1 Å². The van der Waals surface area contributed by atoms with Crippen LogP contribution < -0.4 is 0 Å². The summed E-state index contributed by atoms with van der Waals surface area (Å²) in [5.74, 6) is 1.12. The molecular formula is C59H36N4S. The fraction of sp³-hybridized carbons (Fsp3) is 0. The summed E-state index contributed by atoms with van der Waals surface area (Å²) in [6, 6.07) is 56.8. The van der Waals surface area contributed by atoms with E-state index in [1.807, 2.05) is 60.7 Å². The van der Waals surface area contributed by atoms with Gasteiger partial charge in [-0.05, 0) is 92.3 Å². The Balaban J connectivity index is 1.06. The quantitative estimate of drug-likeness (QED) is 0.157. The Morgan fingerprint density at radius 2 is 1.03 bits per heavy atom. The van der Waals surface area contributed by atoms with Crippen molar-refractivity contribution in [2.45, 2.75) is 0 Å². The molecule has 10 aromatic carbocycles. The molecule has 298 valence electrons. The predicted octanol–water partition coefficient (Wildman–Crippen LogP) is 16.0. The number of benzene rings is 10. The van der Waals surface area contributed by atoms with Crippen molar-refractivity contribution in [2.75, 3.05) is 0 Å². The monoisotopic (exact) mass is 839 g/mol. The molecule has 64 heavy (non-hydrogen) atoms. The molecule has 0 atom stereocenters. The number of hydrogen-bond acceptors (Lipinski definition) is 4. The topological polar surface area (TPSA) is 43.6 Å². The van der Waals surface area contributed by atoms with Crippen LogP contribution in [-0.2, 0) is 0 Å². The highest BCUT2D eigenvalue weighted by Gasteiger charge is 2.21. The molecule has 0 amide bonds. The maximum atomic E-state index is 9.25. The zero-order chi connectivity index (χ0) is 48.2. The van der Waals surface area contributed by atoms with Crippen molar-refractivity contribution in [1.82, 2.24) is 19.5 Å². The fourth-order valence-electron chi connectivity index (χ4n) is 9.21. The van der Waals surface area contributed by atoms with Crippen LogP contribution in [0.15, 0.2) is 218 Å². The Hall–Kier alpha value is -8.25. The Kier molecular flexibility index (Phi) is 6.87. The SMILES string of the molecule is [2H]c1cc([2H])c2c(c1[2H])c1c([2H])c([2H])c([2H])c([2H])c1n2-c1ccccc1-c1nc(-c2cccc(-c3cccc4c3sc3ccc(-c5ccccc5)cc34)c2)nc(-c2cc3ccccc3c3ccccc23)n1. The van der Waals surface area contributed by atoms with Gasteiger partial charge in [-0.3, -0.25) is 0 Å². The van der Waals surface area contributed by atoms with Crippen LogP contribution in [0.2, 0.25) is 0 Å². The lowest BCUT2D eigenvalue weighted by Crippen LogP contribution is -2.04. The van der Waals surface area contributed by atoms with E-state index >= 15 is 0 Å². The van der Waals surface area contributed by atoms with E-state index in [2.05, 4.69) is 103 Å². The normalized spacial score (nSPS) is 13.3. The number of para-hydroxylation sites is 3. The largest absolute Gasteiger partial charge is 0.309 e. The number of hydrogen-bond donors (Lipinski definition) is 0. The van der Waals surface area contributed by atoms with Crippen LogP contribution in [0.4, 0.5) is 0 Å². The van der Waals surface area contributed by atoms with E-state index in [1.165, 1.54) is 37.4 Å². The second kappa shape index (κ2) is 14.7. The van der Waals surface area contributed by atoms with Gasteiger partial charge in [-0.25, -0.2) is 15.0 Å². The summed E-state index contributed by atoms with van der Waals surface area (Å²) >= 11 is 1.77. The van der Waals surface area contributed by atoms with E-state index in [0.717, 1.165) is 43.8 Å². The van der Waals surface area contributed by atoms with Gasteiger partial charge in [-0.1, -0.05) is 170 Å². The van der Waals surface area contributed by atoms with Crippen LogP contribution >= 0.6 is 11.3 Å². The van der Waals surface area contributed by atoms with Crippen molar-refractivity contribution >= 4 is 74.9 Å². The van der Waals surface area contributed by atoms with Crippen molar-refractivity contribution in [3.8, 4) is 62.1 Å². The van der Waals surface area contributed by atoms with Gasteiger partial charge in [0.25, 0.3) is 0 Å². The molecule has 0 spiro atoms. The van der Waals surface area contributed by atoms with Crippen molar-refractivity contribution in [1.29, 1.82) is 0 Å². The average Bonchev–Trinajstić information content (AvgIpc) is 3.98. The maximum absolute atomic E-state index is 9.25. The lowest BCUT2D eigenvalue weighted by Gasteiger charge is -2.15. The molecule has 0 aliphatic heterocycles. The van der Waals surface area contributed by atoms with Crippen LogP contribution in [0, 0.1) is 0 Å². The highest BCUT2D eigenvalue weighted by atomic mass is 32.1. The molecule has 3 aromatic heterocycles. The van der Waals surface area contributed by atoms with Gasteiger partial charge in [0, 0.05) is 47.6 Å². The smallest absolute Gasteiger partial charge is 0.166 e. The Labute approximate surface area is 382 Å². The van der Waals surface area contributed by atoms with Gasteiger partial charge in [0.15, 0.2) is 17.5 Å².